The van der Waals surface area contributed by atoms with Gasteiger partial charge >= 0.3 is 0 Å². The zero-order chi connectivity index (χ0) is 18.5. The normalized spacial score (nSPS) is 27.4. The fourth-order valence-electron chi connectivity index (χ4n) is 4.54. The molecule has 2 fully saturated rings. The molecule has 3 atom stereocenters. The van der Waals surface area contributed by atoms with Gasteiger partial charge in [0, 0.05) is 25.2 Å². The van der Waals surface area contributed by atoms with Crippen molar-refractivity contribution in [3.8, 4) is 0 Å². The lowest BCUT2D eigenvalue weighted by molar-refractivity contribution is -0.134. The predicted octanol–water partition coefficient (Wildman–Crippen LogP) is 3.67. The van der Waals surface area contributed by atoms with Crippen molar-refractivity contribution < 1.29 is 4.79 Å². The average Bonchev–Trinajstić information content (AvgIpc) is 2.96. The van der Waals surface area contributed by atoms with E-state index in [1.54, 1.807) is 0 Å². The van der Waals surface area contributed by atoms with Crippen LogP contribution in [0.4, 0.5) is 0 Å². The van der Waals surface area contributed by atoms with Crippen LogP contribution in [-0.4, -0.2) is 38.5 Å². The third kappa shape index (κ3) is 2.83. The smallest absolute Gasteiger partial charge is 0.226 e. The molecule has 1 saturated carbocycles. The first-order valence-corrected chi connectivity index (χ1v) is 9.63. The topological polar surface area (TPSA) is 50.5 Å². The summed E-state index contributed by atoms with van der Waals surface area (Å²) >= 11 is 0. The van der Waals surface area contributed by atoms with E-state index in [1.807, 2.05) is 24.4 Å². The average molecular weight is 352 g/mol. The molecule has 2 aromatic rings. The number of fused-ring (bicyclic) bond motifs is 1. The quantitative estimate of drug-likeness (QED) is 0.792. The first kappa shape index (κ1) is 17.3. The summed E-state index contributed by atoms with van der Waals surface area (Å²) in [6.07, 6.45) is 6.37. The molecule has 0 N–H and O–H groups in total. The maximum absolute atomic E-state index is 13.2. The molecule has 1 amide bonds. The molecule has 0 radical (unpaired) electrons. The van der Waals surface area contributed by atoms with Gasteiger partial charge in [0.25, 0.3) is 0 Å². The van der Waals surface area contributed by atoms with E-state index in [0.717, 1.165) is 37.4 Å². The second-order valence-electron chi connectivity index (χ2n) is 8.68. The number of hydrogen-bond donors (Lipinski definition) is 0. The second-order valence-corrected chi connectivity index (χ2v) is 8.68. The van der Waals surface area contributed by atoms with Crippen molar-refractivity contribution in [1.82, 2.24) is 19.5 Å². The molecule has 1 saturated heterocycles. The summed E-state index contributed by atoms with van der Waals surface area (Å²) in [4.78, 5) is 15.3. The van der Waals surface area contributed by atoms with Crippen LogP contribution in [0.5, 0.6) is 0 Å². The Labute approximate surface area is 155 Å². The van der Waals surface area contributed by atoms with Gasteiger partial charge in [-0.15, -0.1) is 10.2 Å². The molecule has 2 aromatic heterocycles. The lowest BCUT2D eigenvalue weighted by Crippen LogP contribution is -2.41. The third-order valence-electron chi connectivity index (χ3n) is 6.13. The molecule has 26 heavy (non-hydrogen) atoms. The predicted molar refractivity (Wildman–Crippen MR) is 102 cm³/mol. The van der Waals surface area contributed by atoms with Gasteiger partial charge in [-0.05, 0) is 50.2 Å². The molecule has 5 heteroatoms. The Hall–Kier alpha value is -2.17. The van der Waals surface area contributed by atoms with E-state index >= 15 is 0 Å². The van der Waals surface area contributed by atoms with Crippen LogP contribution in [0.3, 0.4) is 0 Å². The summed E-state index contributed by atoms with van der Waals surface area (Å²) in [6, 6.07) is 5.95. The van der Waals surface area contributed by atoms with Crippen molar-refractivity contribution in [2.24, 2.45) is 17.3 Å². The van der Waals surface area contributed by atoms with Gasteiger partial charge < -0.3 is 4.90 Å². The molecule has 3 heterocycles. The maximum Gasteiger partial charge on any atom is 0.226 e. The number of carbonyl (C=O) groups excluding carboxylic acids is 1. The summed E-state index contributed by atoms with van der Waals surface area (Å²) in [7, 11) is 0. The highest BCUT2D eigenvalue weighted by Gasteiger charge is 2.61. The summed E-state index contributed by atoms with van der Waals surface area (Å²) < 4.78 is 2.06. The lowest BCUT2D eigenvalue weighted by Gasteiger charge is -2.32. The van der Waals surface area contributed by atoms with Gasteiger partial charge in [-0.2, -0.15) is 0 Å². The summed E-state index contributed by atoms with van der Waals surface area (Å²) in [5, 5.41) is 8.70. The number of hydrogen-bond acceptors (Lipinski definition) is 3. The van der Waals surface area contributed by atoms with E-state index in [-0.39, 0.29) is 17.3 Å². The van der Waals surface area contributed by atoms with E-state index in [0.29, 0.717) is 11.8 Å². The highest BCUT2D eigenvalue weighted by Crippen LogP contribution is 2.60. The number of amides is 1. The number of piperidine rings is 1. The number of likely N-dealkylation sites (tertiary alicyclic amines) is 1. The number of rotatable bonds is 3. The standard InChI is InChI=1S/C21H28N4O/c1-14(2)12-16-18(21(16,3)4)20(26)24-10-7-8-15(13-24)19-23-22-17-9-5-6-11-25(17)19/h5-6,9,11-12,15-16,18H,7-8,10,13H2,1-4H3. The molecule has 138 valence electrons. The zero-order valence-electron chi connectivity index (χ0n) is 16.1. The molecule has 0 aromatic carbocycles. The maximum atomic E-state index is 13.2. The van der Waals surface area contributed by atoms with Crippen molar-refractivity contribution in [3.63, 3.8) is 0 Å². The number of allylic oxidation sites excluding steroid dienone is 2. The van der Waals surface area contributed by atoms with Gasteiger partial charge in [0.05, 0.1) is 5.92 Å². The molecular formula is C21H28N4O. The number of aromatic nitrogens is 3. The molecule has 3 unspecified atom stereocenters. The summed E-state index contributed by atoms with van der Waals surface area (Å²) in [6.45, 7) is 10.3. The van der Waals surface area contributed by atoms with Crippen molar-refractivity contribution in [3.05, 3.63) is 41.9 Å². The SMILES string of the molecule is CC(C)=CC1C(C(=O)N2CCCC(c3nnc4ccccn34)C2)C1(C)C. The molecule has 0 spiro atoms. The Balaban J connectivity index is 1.52. The molecule has 1 aliphatic heterocycles. The minimum Gasteiger partial charge on any atom is -0.342 e. The fraction of sp³-hybridized carbons (Fsp3) is 0.571. The Bertz CT molecular complexity index is 862. The Morgan fingerprint density at radius 1 is 1.27 bits per heavy atom. The highest BCUT2D eigenvalue weighted by atomic mass is 16.2. The largest absolute Gasteiger partial charge is 0.342 e. The molecule has 2 aliphatic rings. The van der Waals surface area contributed by atoms with Gasteiger partial charge in [-0.25, -0.2) is 0 Å². The van der Waals surface area contributed by atoms with Crippen molar-refractivity contribution in [1.29, 1.82) is 0 Å². The molecule has 5 nitrogen and oxygen atoms in total. The van der Waals surface area contributed by atoms with Gasteiger partial charge in [-0.1, -0.05) is 31.6 Å². The van der Waals surface area contributed by atoms with Crippen LogP contribution < -0.4 is 0 Å². The van der Waals surface area contributed by atoms with Gasteiger partial charge in [0.1, 0.15) is 5.82 Å². The first-order chi connectivity index (χ1) is 12.4. The summed E-state index contributed by atoms with van der Waals surface area (Å²) in [5.41, 5.74) is 2.24. The Morgan fingerprint density at radius 3 is 2.85 bits per heavy atom. The second kappa shape index (κ2) is 6.22. The van der Waals surface area contributed by atoms with E-state index in [4.69, 9.17) is 0 Å². The number of pyridine rings is 1. The van der Waals surface area contributed by atoms with Crippen molar-refractivity contribution in [2.75, 3.05) is 13.1 Å². The minimum atomic E-state index is 0.0723. The molecule has 1 aliphatic carbocycles. The van der Waals surface area contributed by atoms with Crippen molar-refractivity contribution >= 4 is 11.6 Å². The molecule has 4 rings (SSSR count). The Kier molecular flexibility index (Phi) is 4.13. The van der Waals surface area contributed by atoms with E-state index in [9.17, 15) is 4.79 Å². The van der Waals surface area contributed by atoms with E-state index in [1.165, 1.54) is 5.57 Å². The van der Waals surface area contributed by atoms with Crippen LogP contribution in [0, 0.1) is 17.3 Å². The first-order valence-electron chi connectivity index (χ1n) is 9.63. The van der Waals surface area contributed by atoms with Crippen LogP contribution in [-0.2, 0) is 4.79 Å². The number of carbonyl (C=O) groups is 1. The third-order valence-corrected chi connectivity index (χ3v) is 6.13. The lowest BCUT2D eigenvalue weighted by atomic mass is 9.96. The highest BCUT2D eigenvalue weighted by molar-refractivity contribution is 5.84. The van der Waals surface area contributed by atoms with Crippen LogP contribution >= 0.6 is 0 Å². The molecular weight excluding hydrogens is 324 g/mol. The van der Waals surface area contributed by atoms with Crippen LogP contribution in [0.15, 0.2) is 36.0 Å². The van der Waals surface area contributed by atoms with Gasteiger partial charge in [0.15, 0.2) is 5.65 Å². The Morgan fingerprint density at radius 2 is 2.08 bits per heavy atom. The van der Waals surface area contributed by atoms with Gasteiger partial charge in [0.2, 0.25) is 5.91 Å². The monoisotopic (exact) mass is 352 g/mol. The van der Waals surface area contributed by atoms with Crippen LogP contribution in [0.1, 0.15) is 52.3 Å². The van der Waals surface area contributed by atoms with Crippen LogP contribution in [0.2, 0.25) is 0 Å². The van der Waals surface area contributed by atoms with E-state index < -0.39 is 0 Å². The van der Waals surface area contributed by atoms with Crippen LogP contribution in [0.25, 0.3) is 5.65 Å². The van der Waals surface area contributed by atoms with E-state index in [2.05, 4.69) is 53.3 Å². The zero-order valence-corrected chi connectivity index (χ0v) is 16.1. The van der Waals surface area contributed by atoms with Gasteiger partial charge in [-0.3, -0.25) is 9.20 Å². The summed E-state index contributed by atoms with van der Waals surface area (Å²) in [5.74, 6) is 2.04. The fourth-order valence-corrected chi connectivity index (χ4v) is 4.54. The number of nitrogens with zero attached hydrogens (tertiary/aromatic N) is 4. The van der Waals surface area contributed by atoms with Crippen molar-refractivity contribution in [2.45, 2.75) is 46.5 Å². The minimum absolute atomic E-state index is 0.0723. The molecule has 0 bridgehead atoms.